The minimum absolute atomic E-state index is 0.0372. The third-order valence-electron chi connectivity index (χ3n) is 5.29. The number of carbonyl (C=O) groups excluding carboxylic acids is 4. The molecule has 180 valence electrons. The van der Waals surface area contributed by atoms with Gasteiger partial charge >= 0.3 is 5.97 Å². The number of aliphatic hydroxyl groups excluding tert-OH is 1. The number of likely N-dealkylation sites (tertiary alicyclic amines) is 1. The Morgan fingerprint density at radius 2 is 1.70 bits per heavy atom. The molecule has 0 unspecified atom stereocenters. The van der Waals surface area contributed by atoms with Crippen molar-refractivity contribution in [3.05, 3.63) is 35.9 Å². The van der Waals surface area contributed by atoms with Crippen LogP contribution in [0.4, 0.5) is 0 Å². The summed E-state index contributed by atoms with van der Waals surface area (Å²) in [5.74, 6) is -4.25. The average Bonchev–Trinajstić information content (AvgIpc) is 3.27. The Bertz CT molecular complexity index is 879. The highest BCUT2D eigenvalue weighted by Crippen LogP contribution is 2.18. The Morgan fingerprint density at radius 1 is 1.06 bits per heavy atom. The largest absolute Gasteiger partial charge is 0.480 e. The first kappa shape index (κ1) is 25.7. The number of hydrogen-bond acceptors (Lipinski definition) is 7. The van der Waals surface area contributed by atoms with Gasteiger partial charge in [0.1, 0.15) is 18.1 Å². The predicted molar refractivity (Wildman–Crippen MR) is 115 cm³/mol. The number of primary amides is 1. The average molecular weight is 463 g/mol. The first-order valence-electron chi connectivity index (χ1n) is 10.5. The predicted octanol–water partition coefficient (Wildman–Crippen LogP) is -2.53. The summed E-state index contributed by atoms with van der Waals surface area (Å²) in [7, 11) is 0. The van der Waals surface area contributed by atoms with Crippen LogP contribution in [-0.4, -0.2) is 82.0 Å². The number of rotatable bonds is 11. The fraction of sp³-hybridized carbons (Fsp3) is 0.476. The molecular formula is C21H29N5O7. The monoisotopic (exact) mass is 463 g/mol. The summed E-state index contributed by atoms with van der Waals surface area (Å²) >= 11 is 0. The van der Waals surface area contributed by atoms with E-state index in [2.05, 4.69) is 10.6 Å². The second-order valence-electron chi connectivity index (χ2n) is 7.80. The minimum atomic E-state index is -1.40. The van der Waals surface area contributed by atoms with Gasteiger partial charge in [-0.25, -0.2) is 4.79 Å². The molecule has 8 N–H and O–H groups in total. The quantitative estimate of drug-likeness (QED) is 0.206. The number of carboxylic acids is 1. The van der Waals surface area contributed by atoms with E-state index >= 15 is 0 Å². The summed E-state index contributed by atoms with van der Waals surface area (Å²) in [6.07, 6.45) is 0.376. The molecule has 1 aliphatic rings. The van der Waals surface area contributed by atoms with E-state index in [1.807, 2.05) is 0 Å². The molecule has 4 atom stereocenters. The van der Waals surface area contributed by atoms with Crippen LogP contribution in [-0.2, 0) is 30.4 Å². The van der Waals surface area contributed by atoms with Gasteiger partial charge in [0, 0.05) is 13.0 Å². The summed E-state index contributed by atoms with van der Waals surface area (Å²) < 4.78 is 0. The molecule has 1 aliphatic heterocycles. The number of nitrogens with zero attached hydrogens (tertiary/aromatic N) is 1. The number of benzene rings is 1. The van der Waals surface area contributed by atoms with Crippen LogP contribution in [0, 0.1) is 0 Å². The van der Waals surface area contributed by atoms with Gasteiger partial charge in [0.15, 0.2) is 0 Å². The van der Waals surface area contributed by atoms with Crippen molar-refractivity contribution in [2.75, 3.05) is 13.2 Å². The molecule has 4 amide bonds. The summed E-state index contributed by atoms with van der Waals surface area (Å²) in [5, 5.41) is 23.8. The Balaban J connectivity index is 2.16. The fourth-order valence-electron chi connectivity index (χ4n) is 3.59. The Kier molecular flexibility index (Phi) is 9.30. The van der Waals surface area contributed by atoms with Gasteiger partial charge in [-0.05, 0) is 18.4 Å². The van der Waals surface area contributed by atoms with E-state index in [1.54, 1.807) is 30.3 Å². The number of nitrogens with two attached hydrogens (primary N) is 2. The molecule has 0 aliphatic carbocycles. The molecule has 1 aromatic rings. The SMILES string of the molecule is NC(=O)C[C@H](N)C(=O)N[C@@H](Cc1ccccc1)C(=O)N[C@@H](CO)C(=O)N1CCC[C@H]1C(=O)O. The Labute approximate surface area is 190 Å². The van der Waals surface area contributed by atoms with Gasteiger partial charge in [-0.3, -0.25) is 19.2 Å². The van der Waals surface area contributed by atoms with Gasteiger partial charge in [-0.2, -0.15) is 0 Å². The number of carboxylic acid groups (broad SMARTS) is 1. The van der Waals surface area contributed by atoms with Crippen molar-refractivity contribution in [3.8, 4) is 0 Å². The van der Waals surface area contributed by atoms with Gasteiger partial charge in [0.05, 0.1) is 19.1 Å². The second kappa shape index (κ2) is 11.9. The maximum Gasteiger partial charge on any atom is 0.326 e. The van der Waals surface area contributed by atoms with E-state index in [0.29, 0.717) is 12.0 Å². The maximum absolute atomic E-state index is 13.0. The number of aliphatic carboxylic acids is 1. The molecule has 2 rings (SSSR count). The summed E-state index contributed by atoms with van der Waals surface area (Å²) in [6, 6.07) is 3.82. The van der Waals surface area contributed by atoms with Crippen molar-refractivity contribution in [1.29, 1.82) is 0 Å². The van der Waals surface area contributed by atoms with Crippen LogP contribution in [0.2, 0.25) is 0 Å². The van der Waals surface area contributed by atoms with E-state index in [-0.39, 0.29) is 19.4 Å². The molecule has 1 heterocycles. The maximum atomic E-state index is 13.0. The van der Waals surface area contributed by atoms with Crippen molar-refractivity contribution in [2.24, 2.45) is 11.5 Å². The lowest BCUT2D eigenvalue weighted by atomic mass is 10.0. The zero-order valence-electron chi connectivity index (χ0n) is 18.0. The van der Waals surface area contributed by atoms with Crippen molar-refractivity contribution in [3.63, 3.8) is 0 Å². The molecule has 1 fully saturated rings. The van der Waals surface area contributed by atoms with Gasteiger partial charge in [-0.15, -0.1) is 0 Å². The van der Waals surface area contributed by atoms with Gasteiger partial charge in [-0.1, -0.05) is 30.3 Å². The van der Waals surface area contributed by atoms with Crippen molar-refractivity contribution in [1.82, 2.24) is 15.5 Å². The second-order valence-corrected chi connectivity index (χ2v) is 7.80. The van der Waals surface area contributed by atoms with E-state index in [1.165, 1.54) is 0 Å². The number of amides is 4. The fourth-order valence-corrected chi connectivity index (χ4v) is 3.59. The van der Waals surface area contributed by atoms with Crippen LogP contribution in [0.15, 0.2) is 30.3 Å². The molecule has 0 bridgehead atoms. The molecule has 1 aromatic carbocycles. The van der Waals surface area contributed by atoms with E-state index in [9.17, 15) is 34.2 Å². The van der Waals surface area contributed by atoms with Crippen molar-refractivity contribution < 1.29 is 34.2 Å². The molecule has 12 nitrogen and oxygen atoms in total. The van der Waals surface area contributed by atoms with Crippen LogP contribution in [0.5, 0.6) is 0 Å². The van der Waals surface area contributed by atoms with Crippen LogP contribution >= 0.6 is 0 Å². The topological polar surface area (TPSA) is 205 Å². The first-order valence-corrected chi connectivity index (χ1v) is 10.5. The molecule has 0 radical (unpaired) electrons. The third kappa shape index (κ3) is 7.26. The summed E-state index contributed by atoms with van der Waals surface area (Å²) in [6.45, 7) is -0.574. The highest BCUT2D eigenvalue weighted by molar-refractivity contribution is 5.95. The van der Waals surface area contributed by atoms with Gasteiger partial charge in [0.25, 0.3) is 0 Å². The molecule has 0 saturated carbocycles. The number of carbonyl (C=O) groups is 5. The number of hydrogen-bond donors (Lipinski definition) is 6. The van der Waals surface area contributed by atoms with E-state index < -0.39 is 66.8 Å². The van der Waals surface area contributed by atoms with Crippen molar-refractivity contribution >= 4 is 29.6 Å². The molecule has 0 spiro atoms. The first-order chi connectivity index (χ1) is 15.6. The van der Waals surface area contributed by atoms with Crippen molar-refractivity contribution in [2.45, 2.75) is 49.9 Å². The standard InChI is InChI=1S/C21H29N5O7/c22-13(10-17(23)28)18(29)24-14(9-12-5-2-1-3-6-12)19(30)25-15(11-27)20(31)26-8-4-7-16(26)21(32)33/h1-3,5-6,13-16,27H,4,7-11,22H2,(H2,23,28)(H,24,29)(H,25,30)(H,32,33)/t13-,14-,15-,16-/m0/s1. The zero-order valence-corrected chi connectivity index (χ0v) is 18.0. The molecule has 1 saturated heterocycles. The third-order valence-corrected chi connectivity index (χ3v) is 5.29. The van der Waals surface area contributed by atoms with Crippen LogP contribution in [0.25, 0.3) is 0 Å². The van der Waals surface area contributed by atoms with E-state index in [0.717, 1.165) is 4.90 Å². The lowest BCUT2D eigenvalue weighted by Gasteiger charge is -2.28. The molecule has 33 heavy (non-hydrogen) atoms. The van der Waals surface area contributed by atoms with Crippen LogP contribution < -0.4 is 22.1 Å². The summed E-state index contributed by atoms with van der Waals surface area (Å²) in [5.41, 5.74) is 11.4. The van der Waals surface area contributed by atoms with Crippen LogP contribution in [0.3, 0.4) is 0 Å². The normalized spacial score (nSPS) is 18.1. The Hall–Kier alpha value is -3.51. The van der Waals surface area contributed by atoms with Gasteiger partial charge < -0.3 is 37.2 Å². The minimum Gasteiger partial charge on any atom is -0.480 e. The summed E-state index contributed by atoms with van der Waals surface area (Å²) in [4.78, 5) is 61.7. The number of aliphatic hydroxyl groups is 1. The molecule has 12 heteroatoms. The molecule has 0 aromatic heterocycles. The van der Waals surface area contributed by atoms with Gasteiger partial charge in [0.2, 0.25) is 23.6 Å². The lowest BCUT2D eigenvalue weighted by Crippen LogP contribution is -2.58. The van der Waals surface area contributed by atoms with E-state index in [4.69, 9.17) is 11.5 Å². The molecular weight excluding hydrogens is 434 g/mol. The van der Waals surface area contributed by atoms with Crippen LogP contribution in [0.1, 0.15) is 24.8 Å². The highest BCUT2D eigenvalue weighted by atomic mass is 16.4. The highest BCUT2D eigenvalue weighted by Gasteiger charge is 2.38. The zero-order chi connectivity index (χ0) is 24.5. The smallest absolute Gasteiger partial charge is 0.326 e. The lowest BCUT2D eigenvalue weighted by molar-refractivity contribution is -0.150. The Morgan fingerprint density at radius 3 is 2.27 bits per heavy atom. The number of nitrogens with one attached hydrogen (secondary N) is 2.